The number of benzene rings is 3. The zero-order chi connectivity index (χ0) is 17.8. The smallest absolute Gasteiger partial charge is 0.0981 e. The monoisotopic (exact) mass is 349 g/mol. The summed E-state index contributed by atoms with van der Waals surface area (Å²) in [7, 11) is -1.17. The van der Waals surface area contributed by atoms with Crippen LogP contribution in [-0.2, 0) is 16.5 Å². The van der Waals surface area contributed by atoms with Crippen molar-refractivity contribution in [2.24, 2.45) is 0 Å². The molecular formula is C22H23NOS. The molecule has 2 nitrogen and oxygen atoms in total. The Labute approximate surface area is 151 Å². The highest BCUT2D eigenvalue weighted by molar-refractivity contribution is 7.84. The second-order valence-corrected chi connectivity index (χ2v) is 9.83. The molecule has 0 saturated heterocycles. The molecule has 3 aromatic carbocycles. The number of nitrogens with one attached hydrogen (secondary N) is 1. The van der Waals surface area contributed by atoms with Crippen molar-refractivity contribution in [2.75, 3.05) is 0 Å². The van der Waals surface area contributed by atoms with Gasteiger partial charge in [-0.25, -0.2) is 8.93 Å². The quantitative estimate of drug-likeness (QED) is 0.682. The molecule has 3 aromatic rings. The molecule has 3 heteroatoms. The Morgan fingerprint density at radius 2 is 1.56 bits per heavy atom. The Morgan fingerprint density at radius 3 is 2.32 bits per heavy atom. The van der Waals surface area contributed by atoms with Gasteiger partial charge in [-0.3, -0.25) is 0 Å². The molecule has 1 aliphatic rings. The predicted octanol–water partition coefficient (Wildman–Crippen LogP) is 5.14. The van der Waals surface area contributed by atoms with Crippen molar-refractivity contribution in [3.05, 3.63) is 71.8 Å². The first-order valence-electron chi connectivity index (χ1n) is 8.64. The van der Waals surface area contributed by atoms with Crippen LogP contribution in [0.5, 0.6) is 0 Å². The van der Waals surface area contributed by atoms with E-state index in [1.165, 1.54) is 33.0 Å². The fourth-order valence-corrected chi connectivity index (χ4v) is 4.66. The van der Waals surface area contributed by atoms with Gasteiger partial charge in [-0.1, -0.05) is 60.7 Å². The van der Waals surface area contributed by atoms with Gasteiger partial charge in [-0.05, 0) is 60.7 Å². The first kappa shape index (κ1) is 16.5. The highest BCUT2D eigenvalue weighted by atomic mass is 32.2. The van der Waals surface area contributed by atoms with Gasteiger partial charge in [0.15, 0.2) is 0 Å². The average Bonchev–Trinajstić information content (AvgIpc) is 2.84. The molecule has 1 N–H and O–H groups in total. The molecule has 0 heterocycles. The SMILES string of the molecule is CC(C)(C)[S@@](=O)N[C@@]1(C)c2ccccc2-c2ccc3ccccc3c21. The third-order valence-corrected chi connectivity index (χ3v) is 6.74. The highest BCUT2D eigenvalue weighted by Crippen LogP contribution is 2.50. The van der Waals surface area contributed by atoms with Gasteiger partial charge in [0.25, 0.3) is 0 Å². The third-order valence-electron chi connectivity index (χ3n) is 5.04. The lowest BCUT2D eigenvalue weighted by Crippen LogP contribution is -2.45. The molecule has 0 aromatic heterocycles. The van der Waals surface area contributed by atoms with Gasteiger partial charge in [0.05, 0.1) is 21.3 Å². The summed E-state index contributed by atoms with van der Waals surface area (Å²) in [4.78, 5) is 0. The Kier molecular flexibility index (Phi) is 3.64. The van der Waals surface area contributed by atoms with Crippen molar-refractivity contribution >= 4 is 21.8 Å². The molecule has 0 spiro atoms. The predicted molar refractivity (Wildman–Crippen MR) is 107 cm³/mol. The third kappa shape index (κ3) is 2.45. The summed E-state index contributed by atoms with van der Waals surface area (Å²) in [6.45, 7) is 8.17. The number of rotatable bonds is 2. The van der Waals surface area contributed by atoms with Crippen LogP contribution in [0.15, 0.2) is 60.7 Å². The normalized spacial score (nSPS) is 20.3. The van der Waals surface area contributed by atoms with Crippen molar-refractivity contribution < 1.29 is 4.21 Å². The summed E-state index contributed by atoms with van der Waals surface area (Å²) < 4.78 is 16.1. The fourth-order valence-electron chi connectivity index (χ4n) is 3.77. The second-order valence-electron chi connectivity index (χ2n) is 7.86. The van der Waals surface area contributed by atoms with Crippen LogP contribution in [0.3, 0.4) is 0 Å². The van der Waals surface area contributed by atoms with E-state index in [2.05, 4.69) is 72.3 Å². The molecule has 25 heavy (non-hydrogen) atoms. The van der Waals surface area contributed by atoms with E-state index in [9.17, 15) is 4.21 Å². The van der Waals surface area contributed by atoms with Crippen molar-refractivity contribution in [3.63, 3.8) is 0 Å². The summed E-state index contributed by atoms with van der Waals surface area (Å²) >= 11 is 0. The van der Waals surface area contributed by atoms with E-state index in [1.54, 1.807) is 0 Å². The lowest BCUT2D eigenvalue weighted by atomic mass is 9.87. The van der Waals surface area contributed by atoms with Crippen LogP contribution in [-0.4, -0.2) is 8.96 Å². The molecule has 0 aliphatic heterocycles. The molecule has 0 fully saturated rings. The molecule has 128 valence electrons. The van der Waals surface area contributed by atoms with E-state index in [0.717, 1.165) is 0 Å². The summed E-state index contributed by atoms with van der Waals surface area (Å²) in [6.07, 6.45) is 0. The van der Waals surface area contributed by atoms with E-state index in [1.807, 2.05) is 20.8 Å². The minimum absolute atomic E-state index is 0.328. The minimum atomic E-state index is -1.17. The molecular weight excluding hydrogens is 326 g/mol. The summed E-state index contributed by atoms with van der Waals surface area (Å²) in [5, 5.41) is 2.43. The van der Waals surface area contributed by atoms with Crippen LogP contribution in [0.25, 0.3) is 21.9 Å². The van der Waals surface area contributed by atoms with E-state index >= 15 is 0 Å². The van der Waals surface area contributed by atoms with Crippen LogP contribution >= 0.6 is 0 Å². The molecule has 0 bridgehead atoms. The topological polar surface area (TPSA) is 29.1 Å². The Morgan fingerprint density at radius 1 is 0.880 bits per heavy atom. The van der Waals surface area contributed by atoms with Gasteiger partial charge in [0, 0.05) is 0 Å². The van der Waals surface area contributed by atoms with Gasteiger partial charge in [0.1, 0.15) is 0 Å². The maximum Gasteiger partial charge on any atom is 0.0981 e. The molecule has 4 rings (SSSR count). The average molecular weight is 349 g/mol. The van der Waals surface area contributed by atoms with Crippen LogP contribution in [0.1, 0.15) is 38.8 Å². The van der Waals surface area contributed by atoms with Gasteiger partial charge in [-0.15, -0.1) is 0 Å². The fraction of sp³-hybridized carbons (Fsp3) is 0.273. The van der Waals surface area contributed by atoms with E-state index in [0.29, 0.717) is 0 Å². The van der Waals surface area contributed by atoms with Crippen LogP contribution < -0.4 is 4.72 Å². The van der Waals surface area contributed by atoms with Crippen LogP contribution in [0.2, 0.25) is 0 Å². The molecule has 0 saturated carbocycles. The largest absolute Gasteiger partial charge is 0.242 e. The van der Waals surface area contributed by atoms with Crippen molar-refractivity contribution in [1.29, 1.82) is 0 Å². The molecule has 0 amide bonds. The summed E-state index contributed by atoms with van der Waals surface area (Å²) in [6, 6.07) is 21.3. The number of hydrogen-bond acceptors (Lipinski definition) is 1. The zero-order valence-electron chi connectivity index (χ0n) is 15.1. The van der Waals surface area contributed by atoms with Gasteiger partial charge < -0.3 is 0 Å². The standard InChI is InChI=1S/C22H23NOS/c1-21(2,3)25(24)23-22(4)19-12-8-7-11-17(19)18-14-13-15-9-5-6-10-16(15)20(18)22/h5-14,23H,1-4H3/t22-,25+/m0/s1. The van der Waals surface area contributed by atoms with Gasteiger partial charge in [0.2, 0.25) is 0 Å². The Bertz CT molecular complexity index is 1000. The van der Waals surface area contributed by atoms with Gasteiger partial charge in [-0.2, -0.15) is 0 Å². The van der Waals surface area contributed by atoms with Crippen molar-refractivity contribution in [2.45, 2.75) is 38.0 Å². The minimum Gasteiger partial charge on any atom is -0.242 e. The Hall–Kier alpha value is -1.97. The second kappa shape index (κ2) is 5.52. The van der Waals surface area contributed by atoms with Crippen molar-refractivity contribution in [3.8, 4) is 11.1 Å². The molecule has 0 unspecified atom stereocenters. The number of fused-ring (bicyclic) bond motifs is 5. The molecule has 0 radical (unpaired) electrons. The molecule has 1 aliphatic carbocycles. The van der Waals surface area contributed by atoms with Crippen LogP contribution in [0, 0.1) is 0 Å². The lowest BCUT2D eigenvalue weighted by Gasteiger charge is -2.32. The molecule has 2 atom stereocenters. The maximum atomic E-state index is 13.0. The summed E-state index contributed by atoms with van der Waals surface area (Å²) in [5.74, 6) is 0. The first-order chi connectivity index (χ1) is 11.8. The van der Waals surface area contributed by atoms with E-state index in [4.69, 9.17) is 0 Å². The van der Waals surface area contributed by atoms with E-state index in [-0.39, 0.29) is 4.75 Å². The van der Waals surface area contributed by atoms with Gasteiger partial charge >= 0.3 is 0 Å². The maximum absolute atomic E-state index is 13.0. The lowest BCUT2D eigenvalue weighted by molar-refractivity contribution is 0.539. The van der Waals surface area contributed by atoms with E-state index < -0.39 is 16.5 Å². The highest BCUT2D eigenvalue weighted by Gasteiger charge is 2.42. The first-order valence-corrected chi connectivity index (χ1v) is 9.79. The Balaban J connectivity index is 2.02. The van der Waals surface area contributed by atoms with Crippen LogP contribution in [0.4, 0.5) is 0 Å². The van der Waals surface area contributed by atoms with Crippen molar-refractivity contribution in [1.82, 2.24) is 4.72 Å². The summed E-state index contributed by atoms with van der Waals surface area (Å²) in [5.41, 5.74) is 4.40. The number of hydrogen-bond donors (Lipinski definition) is 1. The zero-order valence-corrected chi connectivity index (χ0v) is 15.9.